The van der Waals surface area contributed by atoms with Gasteiger partial charge in [-0.1, -0.05) is 27.7 Å². The summed E-state index contributed by atoms with van der Waals surface area (Å²) in [5.74, 6) is 1.10. The van der Waals surface area contributed by atoms with E-state index in [9.17, 15) is 0 Å². The summed E-state index contributed by atoms with van der Waals surface area (Å²) in [5.41, 5.74) is 2.10. The van der Waals surface area contributed by atoms with Crippen molar-refractivity contribution in [3.05, 3.63) is 21.9 Å². The first-order chi connectivity index (χ1) is 8.54. The van der Waals surface area contributed by atoms with Crippen LogP contribution in [0.1, 0.15) is 49.3 Å². The lowest BCUT2D eigenvalue weighted by molar-refractivity contribution is 0.890. The van der Waals surface area contributed by atoms with Gasteiger partial charge in [0.15, 0.2) is 0 Å². The number of hydrogen-bond acceptors (Lipinski definition) is 4. The van der Waals surface area contributed by atoms with Crippen LogP contribution in [0.25, 0.3) is 20.7 Å². The maximum Gasteiger partial charge on any atom is 0.142 e. The summed E-state index contributed by atoms with van der Waals surface area (Å²) in [6.45, 7) is 8.85. The number of fused-ring (bicyclic) bond motifs is 2. The molecule has 0 aliphatic heterocycles. The Bertz CT molecular complexity index is 598. The molecule has 3 heterocycles. The molecule has 4 heteroatoms. The monoisotopic (exact) mass is 276 g/mol. The van der Waals surface area contributed by atoms with Crippen LogP contribution in [0.4, 0.5) is 0 Å². The van der Waals surface area contributed by atoms with Crippen LogP contribution in [0.3, 0.4) is 0 Å². The lowest BCUT2D eigenvalue weighted by Gasteiger charge is -1.96. The number of aromatic nitrogens is 2. The van der Waals surface area contributed by atoms with Crippen LogP contribution < -0.4 is 0 Å². The van der Waals surface area contributed by atoms with Crippen LogP contribution in [0.5, 0.6) is 0 Å². The van der Waals surface area contributed by atoms with Gasteiger partial charge in [0.1, 0.15) is 20.7 Å². The third-order valence-corrected chi connectivity index (χ3v) is 5.64. The van der Waals surface area contributed by atoms with Crippen molar-refractivity contribution in [1.82, 2.24) is 9.97 Å². The van der Waals surface area contributed by atoms with Gasteiger partial charge in [0.25, 0.3) is 0 Å². The Hall–Kier alpha value is -1.00. The summed E-state index contributed by atoms with van der Waals surface area (Å²) >= 11 is 3.54. The zero-order chi connectivity index (χ0) is 12.9. The Morgan fingerprint density at radius 2 is 1.17 bits per heavy atom. The van der Waals surface area contributed by atoms with Crippen molar-refractivity contribution in [3.63, 3.8) is 0 Å². The van der Waals surface area contributed by atoms with Crippen LogP contribution in [0.15, 0.2) is 12.1 Å². The van der Waals surface area contributed by atoms with E-state index in [1.54, 1.807) is 22.7 Å². The minimum atomic E-state index is 0.551. The summed E-state index contributed by atoms with van der Waals surface area (Å²) < 4.78 is 0. The molecule has 18 heavy (non-hydrogen) atoms. The summed E-state index contributed by atoms with van der Waals surface area (Å²) in [4.78, 5) is 14.4. The summed E-state index contributed by atoms with van der Waals surface area (Å²) in [6, 6.07) is 4.37. The average Bonchev–Trinajstić information content (AvgIpc) is 2.87. The predicted octanol–water partition coefficient (Wildman–Crippen LogP) is 5.15. The van der Waals surface area contributed by atoms with Crippen LogP contribution in [-0.2, 0) is 0 Å². The molecule has 3 rings (SSSR count). The average molecular weight is 276 g/mol. The molecule has 0 aromatic carbocycles. The van der Waals surface area contributed by atoms with Gasteiger partial charge in [0.2, 0.25) is 0 Å². The van der Waals surface area contributed by atoms with Crippen molar-refractivity contribution >= 4 is 43.4 Å². The van der Waals surface area contributed by atoms with Crippen LogP contribution in [-0.4, -0.2) is 9.97 Å². The topological polar surface area (TPSA) is 25.8 Å². The van der Waals surface area contributed by atoms with Crippen molar-refractivity contribution in [2.75, 3.05) is 0 Å². The van der Waals surface area contributed by atoms with E-state index < -0.39 is 0 Å². The van der Waals surface area contributed by atoms with Crippen molar-refractivity contribution in [3.8, 4) is 0 Å². The van der Waals surface area contributed by atoms with E-state index in [4.69, 9.17) is 9.97 Å². The van der Waals surface area contributed by atoms with Crippen molar-refractivity contribution < 1.29 is 0 Å². The molecule has 0 saturated carbocycles. The fraction of sp³-hybridized carbons (Fsp3) is 0.429. The highest BCUT2D eigenvalue weighted by molar-refractivity contribution is 7.19. The van der Waals surface area contributed by atoms with Gasteiger partial charge in [-0.25, -0.2) is 9.97 Å². The highest BCUT2D eigenvalue weighted by Gasteiger charge is 2.12. The predicted molar refractivity (Wildman–Crippen MR) is 81.0 cm³/mol. The second kappa shape index (κ2) is 4.28. The minimum Gasteiger partial charge on any atom is -0.233 e. The molecule has 0 unspecified atom stereocenters. The van der Waals surface area contributed by atoms with E-state index >= 15 is 0 Å². The molecule has 0 aliphatic rings. The molecular weight excluding hydrogens is 260 g/mol. The van der Waals surface area contributed by atoms with Gasteiger partial charge < -0.3 is 0 Å². The van der Waals surface area contributed by atoms with Gasteiger partial charge in [-0.05, 0) is 24.0 Å². The maximum atomic E-state index is 4.75. The van der Waals surface area contributed by atoms with E-state index in [0.717, 1.165) is 20.7 Å². The van der Waals surface area contributed by atoms with Gasteiger partial charge in [0, 0.05) is 9.75 Å². The minimum absolute atomic E-state index is 0.551. The van der Waals surface area contributed by atoms with E-state index in [-0.39, 0.29) is 0 Å². The smallest absolute Gasteiger partial charge is 0.142 e. The van der Waals surface area contributed by atoms with E-state index in [2.05, 4.69) is 39.8 Å². The Balaban J connectivity index is 2.21. The number of rotatable bonds is 2. The first kappa shape index (κ1) is 12.1. The first-order valence-electron chi connectivity index (χ1n) is 6.25. The third-order valence-electron chi connectivity index (χ3n) is 3.01. The molecule has 0 saturated heterocycles. The van der Waals surface area contributed by atoms with Gasteiger partial charge in [-0.15, -0.1) is 22.7 Å². The largest absolute Gasteiger partial charge is 0.233 e. The SMILES string of the molecule is CC(C)c1cc2nc3sc(C(C)C)cc3nc2s1. The molecule has 0 spiro atoms. The normalized spacial score (nSPS) is 12.3. The first-order valence-corrected chi connectivity index (χ1v) is 7.89. The fourth-order valence-electron chi connectivity index (χ4n) is 1.89. The summed E-state index contributed by atoms with van der Waals surface area (Å²) in [5, 5.41) is 0. The Morgan fingerprint density at radius 1 is 0.778 bits per heavy atom. The molecule has 0 bridgehead atoms. The molecule has 3 aromatic rings. The second-order valence-electron chi connectivity index (χ2n) is 5.21. The fourth-order valence-corrected chi connectivity index (χ4v) is 3.85. The van der Waals surface area contributed by atoms with Crippen LogP contribution in [0, 0.1) is 0 Å². The lowest BCUT2D eigenvalue weighted by Crippen LogP contribution is -1.78. The highest BCUT2D eigenvalue weighted by atomic mass is 32.1. The third kappa shape index (κ3) is 1.93. The molecule has 0 radical (unpaired) electrons. The van der Waals surface area contributed by atoms with E-state index in [1.165, 1.54) is 9.75 Å². The standard InChI is InChI=1S/C14H16N2S2/c1-7(2)11-5-9-13(17-11)16-10-6-12(8(3)4)18-14(10)15-9/h5-8H,1-4H3. The van der Waals surface area contributed by atoms with Crippen LogP contribution in [0.2, 0.25) is 0 Å². The molecule has 3 aromatic heterocycles. The second-order valence-corrected chi connectivity index (χ2v) is 7.34. The molecule has 0 N–H and O–H groups in total. The van der Waals surface area contributed by atoms with E-state index in [1.807, 2.05) is 0 Å². The summed E-state index contributed by atoms with van der Waals surface area (Å²) in [6.07, 6.45) is 0. The zero-order valence-corrected chi connectivity index (χ0v) is 12.7. The molecule has 0 amide bonds. The zero-order valence-electron chi connectivity index (χ0n) is 11.0. The molecule has 94 valence electrons. The maximum absolute atomic E-state index is 4.75. The lowest BCUT2D eigenvalue weighted by atomic mass is 10.2. The number of thiophene rings is 2. The quantitative estimate of drug-likeness (QED) is 0.646. The number of nitrogens with zero attached hydrogens (tertiary/aromatic N) is 2. The van der Waals surface area contributed by atoms with Crippen molar-refractivity contribution in [1.29, 1.82) is 0 Å². The highest BCUT2D eigenvalue weighted by Crippen LogP contribution is 2.33. The van der Waals surface area contributed by atoms with Gasteiger partial charge >= 0.3 is 0 Å². The Labute approximate surface area is 115 Å². The molecule has 0 fully saturated rings. The number of hydrogen-bond donors (Lipinski definition) is 0. The Morgan fingerprint density at radius 3 is 1.50 bits per heavy atom. The van der Waals surface area contributed by atoms with Crippen molar-refractivity contribution in [2.24, 2.45) is 0 Å². The molecule has 0 atom stereocenters. The van der Waals surface area contributed by atoms with Gasteiger partial charge in [-0.3, -0.25) is 0 Å². The van der Waals surface area contributed by atoms with Crippen LogP contribution >= 0.6 is 22.7 Å². The Kier molecular flexibility index (Phi) is 2.87. The van der Waals surface area contributed by atoms with Gasteiger partial charge in [-0.2, -0.15) is 0 Å². The molecular formula is C14H16N2S2. The summed E-state index contributed by atoms with van der Waals surface area (Å²) in [7, 11) is 0. The van der Waals surface area contributed by atoms with Gasteiger partial charge in [0.05, 0.1) is 0 Å². The van der Waals surface area contributed by atoms with Crippen molar-refractivity contribution in [2.45, 2.75) is 39.5 Å². The molecule has 0 aliphatic carbocycles. The van der Waals surface area contributed by atoms with E-state index in [0.29, 0.717) is 11.8 Å². The molecule has 2 nitrogen and oxygen atoms in total.